The molecule has 0 atom stereocenters. The third kappa shape index (κ3) is 2.59. The fraction of sp³-hybridized carbons (Fsp3) is 0.357. The Labute approximate surface area is 106 Å². The van der Waals surface area contributed by atoms with Crippen molar-refractivity contribution in [2.75, 3.05) is 0 Å². The highest BCUT2D eigenvalue weighted by molar-refractivity contribution is 5.25. The lowest BCUT2D eigenvalue weighted by molar-refractivity contribution is 0.586. The summed E-state index contributed by atoms with van der Waals surface area (Å²) in [7, 11) is 0. The van der Waals surface area contributed by atoms with Crippen LogP contribution in [-0.4, -0.2) is 9.55 Å². The van der Waals surface area contributed by atoms with E-state index in [1.165, 1.54) is 6.07 Å². The lowest BCUT2D eigenvalue weighted by Gasteiger charge is -2.11. The molecule has 18 heavy (non-hydrogen) atoms. The minimum atomic E-state index is -0.207. The van der Waals surface area contributed by atoms with Crippen LogP contribution in [0.5, 0.6) is 0 Å². The highest BCUT2D eigenvalue weighted by atomic mass is 19.1. The smallest absolute Gasteiger partial charge is 0.128 e. The van der Waals surface area contributed by atoms with Crippen LogP contribution < -0.4 is 5.73 Å². The normalized spacial score (nSPS) is 11.2. The van der Waals surface area contributed by atoms with E-state index in [9.17, 15) is 4.39 Å². The topological polar surface area (TPSA) is 43.8 Å². The molecule has 4 heteroatoms. The van der Waals surface area contributed by atoms with Gasteiger partial charge in [0.1, 0.15) is 11.6 Å². The van der Waals surface area contributed by atoms with Crippen molar-refractivity contribution in [3.8, 4) is 0 Å². The first kappa shape index (κ1) is 12.8. The first-order valence-corrected chi connectivity index (χ1v) is 6.10. The number of halogens is 1. The summed E-state index contributed by atoms with van der Waals surface area (Å²) in [5, 5.41) is 0. The number of benzene rings is 1. The molecule has 0 aliphatic rings. The lowest BCUT2D eigenvalue weighted by atomic mass is 10.1. The molecule has 0 saturated heterocycles. The van der Waals surface area contributed by atoms with E-state index >= 15 is 0 Å². The molecule has 0 spiro atoms. The summed E-state index contributed by atoms with van der Waals surface area (Å²) in [5.41, 5.74) is 6.96. The molecule has 3 nitrogen and oxygen atoms in total. The van der Waals surface area contributed by atoms with Crippen molar-refractivity contribution in [1.29, 1.82) is 0 Å². The molecule has 1 heterocycles. The molecule has 2 rings (SSSR count). The van der Waals surface area contributed by atoms with E-state index in [4.69, 9.17) is 5.73 Å². The van der Waals surface area contributed by atoms with Gasteiger partial charge in [-0.15, -0.1) is 0 Å². The van der Waals surface area contributed by atoms with Crippen molar-refractivity contribution in [2.24, 2.45) is 5.73 Å². The molecule has 0 aliphatic carbocycles. The van der Waals surface area contributed by atoms with Crippen molar-refractivity contribution in [2.45, 2.75) is 32.9 Å². The number of rotatable bonds is 4. The van der Waals surface area contributed by atoms with Gasteiger partial charge >= 0.3 is 0 Å². The van der Waals surface area contributed by atoms with Crippen molar-refractivity contribution in [1.82, 2.24) is 9.55 Å². The van der Waals surface area contributed by atoms with Crippen LogP contribution >= 0.6 is 0 Å². The molecule has 2 aromatic rings. The fourth-order valence-electron chi connectivity index (χ4n) is 1.98. The summed E-state index contributed by atoms with van der Waals surface area (Å²) in [5.74, 6) is 1.09. The van der Waals surface area contributed by atoms with Crippen molar-refractivity contribution < 1.29 is 4.39 Å². The first-order chi connectivity index (χ1) is 8.61. The van der Waals surface area contributed by atoms with Crippen LogP contribution in [0, 0.1) is 5.82 Å². The quantitative estimate of drug-likeness (QED) is 0.902. The number of nitrogens with zero attached hydrogens (tertiary/aromatic N) is 2. The van der Waals surface area contributed by atoms with Crippen molar-refractivity contribution in [3.63, 3.8) is 0 Å². The van der Waals surface area contributed by atoms with Crippen LogP contribution in [0.2, 0.25) is 0 Å². The summed E-state index contributed by atoms with van der Waals surface area (Å²) in [6, 6.07) is 5.16. The van der Waals surface area contributed by atoms with E-state index in [1.807, 2.05) is 16.8 Å². The summed E-state index contributed by atoms with van der Waals surface area (Å²) < 4.78 is 15.8. The molecule has 0 saturated carbocycles. The van der Waals surface area contributed by atoms with Gasteiger partial charge in [0.2, 0.25) is 0 Å². The molecule has 1 aromatic carbocycles. The van der Waals surface area contributed by atoms with E-state index in [0.717, 1.165) is 11.4 Å². The maximum Gasteiger partial charge on any atom is 0.128 e. The number of aromatic nitrogens is 2. The molecule has 0 fully saturated rings. The third-order valence-electron chi connectivity index (χ3n) is 2.96. The van der Waals surface area contributed by atoms with Crippen molar-refractivity contribution >= 4 is 0 Å². The molecular formula is C14H18FN3. The van der Waals surface area contributed by atoms with Gasteiger partial charge < -0.3 is 10.3 Å². The van der Waals surface area contributed by atoms with Gasteiger partial charge in [0.05, 0.1) is 6.54 Å². The minimum Gasteiger partial charge on any atom is -0.330 e. The maximum atomic E-state index is 13.9. The average molecular weight is 247 g/mol. The molecule has 2 N–H and O–H groups in total. The third-order valence-corrected chi connectivity index (χ3v) is 2.96. The number of imidazole rings is 1. The van der Waals surface area contributed by atoms with Crippen LogP contribution in [0.4, 0.5) is 4.39 Å². The van der Waals surface area contributed by atoms with E-state index < -0.39 is 0 Å². The van der Waals surface area contributed by atoms with E-state index in [1.54, 1.807) is 12.3 Å². The second-order valence-electron chi connectivity index (χ2n) is 4.70. The maximum absolute atomic E-state index is 13.9. The zero-order chi connectivity index (χ0) is 13.1. The SMILES string of the molecule is CC(C)c1nccn1Cc1ccc(CN)cc1F. The van der Waals surface area contributed by atoms with Crippen LogP contribution in [0.3, 0.4) is 0 Å². The zero-order valence-electron chi connectivity index (χ0n) is 10.7. The summed E-state index contributed by atoms with van der Waals surface area (Å²) >= 11 is 0. The minimum absolute atomic E-state index is 0.207. The molecule has 0 amide bonds. The standard InChI is InChI=1S/C14H18FN3/c1-10(2)14-17-5-6-18(14)9-12-4-3-11(8-16)7-13(12)15/h3-7,10H,8-9,16H2,1-2H3. The second-order valence-corrected chi connectivity index (χ2v) is 4.70. The van der Waals surface area contributed by atoms with Gasteiger partial charge in [-0.1, -0.05) is 26.0 Å². The summed E-state index contributed by atoms with van der Waals surface area (Å²) in [6.07, 6.45) is 3.63. The van der Waals surface area contributed by atoms with Gasteiger partial charge in [-0.05, 0) is 11.6 Å². The second kappa shape index (κ2) is 5.31. The van der Waals surface area contributed by atoms with Gasteiger partial charge in [0, 0.05) is 30.4 Å². The Hall–Kier alpha value is -1.68. The van der Waals surface area contributed by atoms with E-state index in [2.05, 4.69) is 18.8 Å². The number of hydrogen-bond donors (Lipinski definition) is 1. The van der Waals surface area contributed by atoms with Crippen LogP contribution in [-0.2, 0) is 13.1 Å². The molecule has 0 unspecified atom stereocenters. The molecule has 0 aliphatic heterocycles. The Bertz CT molecular complexity index is 532. The van der Waals surface area contributed by atoms with Crippen LogP contribution in [0.15, 0.2) is 30.6 Å². The monoisotopic (exact) mass is 247 g/mol. The molecule has 0 radical (unpaired) electrons. The molecule has 0 bridgehead atoms. The highest BCUT2D eigenvalue weighted by Gasteiger charge is 2.10. The van der Waals surface area contributed by atoms with Gasteiger partial charge in [-0.25, -0.2) is 9.37 Å². The van der Waals surface area contributed by atoms with Gasteiger partial charge in [0.15, 0.2) is 0 Å². The predicted octanol–water partition coefficient (Wildman–Crippen LogP) is 2.65. The highest BCUT2D eigenvalue weighted by Crippen LogP contribution is 2.16. The number of nitrogens with two attached hydrogens (primary N) is 1. The predicted molar refractivity (Wildman–Crippen MR) is 69.7 cm³/mol. The summed E-state index contributed by atoms with van der Waals surface area (Å²) in [4.78, 5) is 4.30. The largest absolute Gasteiger partial charge is 0.330 e. The Kier molecular flexibility index (Phi) is 3.77. The van der Waals surface area contributed by atoms with Crippen LogP contribution in [0.1, 0.15) is 36.7 Å². The van der Waals surface area contributed by atoms with Gasteiger partial charge in [0.25, 0.3) is 0 Å². The van der Waals surface area contributed by atoms with Crippen molar-refractivity contribution in [3.05, 3.63) is 53.4 Å². The summed E-state index contributed by atoms with van der Waals surface area (Å²) in [6.45, 7) is 5.02. The van der Waals surface area contributed by atoms with E-state index in [0.29, 0.717) is 24.6 Å². The van der Waals surface area contributed by atoms with Gasteiger partial charge in [-0.3, -0.25) is 0 Å². The van der Waals surface area contributed by atoms with E-state index in [-0.39, 0.29) is 5.82 Å². The Morgan fingerprint density at radius 1 is 1.39 bits per heavy atom. The Balaban J connectivity index is 2.26. The molecular weight excluding hydrogens is 229 g/mol. The molecule has 1 aromatic heterocycles. The average Bonchev–Trinajstić information content (AvgIpc) is 2.80. The first-order valence-electron chi connectivity index (χ1n) is 6.10. The van der Waals surface area contributed by atoms with Gasteiger partial charge in [-0.2, -0.15) is 0 Å². The van der Waals surface area contributed by atoms with Crippen LogP contribution in [0.25, 0.3) is 0 Å². The molecule has 96 valence electrons. The Morgan fingerprint density at radius 3 is 2.78 bits per heavy atom. The lowest BCUT2D eigenvalue weighted by Crippen LogP contribution is -2.08. The Morgan fingerprint density at radius 2 is 2.17 bits per heavy atom. The zero-order valence-corrected chi connectivity index (χ0v) is 10.7. The number of hydrogen-bond acceptors (Lipinski definition) is 2. The fourth-order valence-corrected chi connectivity index (χ4v) is 1.98.